The van der Waals surface area contributed by atoms with Crippen LogP contribution >= 0.6 is 0 Å². The van der Waals surface area contributed by atoms with E-state index in [0.29, 0.717) is 17.2 Å². The minimum absolute atomic E-state index is 0.249. The summed E-state index contributed by atoms with van der Waals surface area (Å²) >= 11 is 0. The van der Waals surface area contributed by atoms with Crippen molar-refractivity contribution >= 4 is 22.5 Å². The summed E-state index contributed by atoms with van der Waals surface area (Å²) in [5, 5.41) is 3.45. The smallest absolute Gasteiger partial charge is 0.263 e. The third-order valence-corrected chi connectivity index (χ3v) is 5.04. The van der Waals surface area contributed by atoms with E-state index >= 15 is 0 Å². The van der Waals surface area contributed by atoms with Crippen LogP contribution in [-0.2, 0) is 5.54 Å². The van der Waals surface area contributed by atoms with Crippen LogP contribution in [0.5, 0.6) is 0 Å². The van der Waals surface area contributed by atoms with Gasteiger partial charge >= 0.3 is 0 Å². The molecule has 0 aliphatic heterocycles. The molecule has 1 aromatic carbocycles. The zero-order valence-corrected chi connectivity index (χ0v) is 14.8. The molecule has 6 nitrogen and oxygen atoms in total. The molecule has 0 unspecified atom stereocenters. The summed E-state index contributed by atoms with van der Waals surface area (Å²) in [6, 6.07) is 13.4. The van der Waals surface area contributed by atoms with E-state index in [1.165, 1.54) is 18.2 Å². The number of nitrogens with zero attached hydrogens (tertiary/aromatic N) is 4. The van der Waals surface area contributed by atoms with Crippen LogP contribution in [0.1, 0.15) is 18.5 Å². The van der Waals surface area contributed by atoms with Gasteiger partial charge in [-0.1, -0.05) is 6.07 Å². The molecule has 3 heterocycles. The average Bonchev–Trinajstić information content (AvgIpc) is 3.52. The zero-order chi connectivity index (χ0) is 19.1. The highest BCUT2D eigenvalue weighted by atomic mass is 19.1. The number of fused-ring (bicyclic) bond motifs is 1. The summed E-state index contributed by atoms with van der Waals surface area (Å²) in [5.74, 6) is -0.0751. The van der Waals surface area contributed by atoms with Crippen molar-refractivity contribution in [2.75, 3.05) is 5.32 Å². The summed E-state index contributed by atoms with van der Waals surface area (Å²) in [6.07, 6.45) is 6.56. The molecule has 7 heteroatoms. The van der Waals surface area contributed by atoms with Crippen LogP contribution in [-0.4, -0.2) is 19.5 Å². The Labute approximate surface area is 159 Å². The number of benzene rings is 1. The minimum atomic E-state index is -0.587. The molecule has 5 rings (SSSR count). The van der Waals surface area contributed by atoms with Crippen LogP contribution in [0.3, 0.4) is 0 Å². The quantitative estimate of drug-likeness (QED) is 0.592. The second kappa shape index (κ2) is 6.23. The molecular weight excluding hydrogens is 357 g/mol. The van der Waals surface area contributed by atoms with Crippen LogP contribution < -0.4 is 10.9 Å². The highest BCUT2D eigenvalue weighted by molar-refractivity contribution is 5.79. The van der Waals surface area contributed by atoms with Gasteiger partial charge in [0.15, 0.2) is 0 Å². The van der Waals surface area contributed by atoms with Crippen LogP contribution in [0.15, 0.2) is 71.9 Å². The SMILES string of the molecule is O=c1c2cc(F)ccc2nc(Nc2cccnc2)n1C1(c2ccccn2)CC1. The number of aromatic nitrogens is 4. The fourth-order valence-corrected chi connectivity index (χ4v) is 3.56. The maximum Gasteiger partial charge on any atom is 0.263 e. The molecule has 1 saturated carbocycles. The molecule has 138 valence electrons. The highest BCUT2D eigenvalue weighted by Crippen LogP contribution is 2.49. The van der Waals surface area contributed by atoms with E-state index in [2.05, 4.69) is 20.3 Å². The van der Waals surface area contributed by atoms with Crippen LogP contribution in [0.4, 0.5) is 16.0 Å². The summed E-state index contributed by atoms with van der Waals surface area (Å²) in [7, 11) is 0. The lowest BCUT2D eigenvalue weighted by Crippen LogP contribution is -2.34. The Morgan fingerprint density at radius 3 is 2.68 bits per heavy atom. The van der Waals surface area contributed by atoms with Gasteiger partial charge in [0.2, 0.25) is 5.95 Å². The molecule has 0 spiro atoms. The van der Waals surface area contributed by atoms with Gasteiger partial charge in [-0.25, -0.2) is 9.37 Å². The second-order valence-electron chi connectivity index (χ2n) is 6.85. The molecule has 0 atom stereocenters. The average molecular weight is 373 g/mol. The lowest BCUT2D eigenvalue weighted by Gasteiger charge is -2.23. The molecule has 4 aromatic rings. The molecule has 1 aliphatic rings. The molecule has 1 N–H and O–H groups in total. The van der Waals surface area contributed by atoms with Gasteiger partial charge in [0.1, 0.15) is 5.82 Å². The molecule has 1 fully saturated rings. The van der Waals surface area contributed by atoms with E-state index < -0.39 is 11.4 Å². The van der Waals surface area contributed by atoms with E-state index in [1.54, 1.807) is 29.2 Å². The van der Waals surface area contributed by atoms with Gasteiger partial charge in [-0.05, 0) is 55.3 Å². The topological polar surface area (TPSA) is 72.7 Å². The maximum atomic E-state index is 13.8. The van der Waals surface area contributed by atoms with Crippen molar-refractivity contribution < 1.29 is 4.39 Å². The zero-order valence-electron chi connectivity index (χ0n) is 14.8. The summed E-state index contributed by atoms with van der Waals surface area (Å²) in [4.78, 5) is 26.6. The minimum Gasteiger partial charge on any atom is -0.324 e. The first-order chi connectivity index (χ1) is 13.7. The molecule has 3 aromatic heterocycles. The maximum absolute atomic E-state index is 13.8. The van der Waals surface area contributed by atoms with Crippen molar-refractivity contribution in [3.05, 3.63) is 89.0 Å². The van der Waals surface area contributed by atoms with Crippen LogP contribution in [0, 0.1) is 5.82 Å². The lowest BCUT2D eigenvalue weighted by atomic mass is 10.1. The molecule has 0 bridgehead atoms. The van der Waals surface area contributed by atoms with E-state index in [1.807, 2.05) is 24.3 Å². The predicted octanol–water partition coefficient (Wildman–Crippen LogP) is 3.61. The van der Waals surface area contributed by atoms with Gasteiger partial charge < -0.3 is 5.32 Å². The number of hydrogen-bond acceptors (Lipinski definition) is 5. The highest BCUT2D eigenvalue weighted by Gasteiger charge is 2.50. The Kier molecular flexibility index (Phi) is 3.68. The number of nitrogens with one attached hydrogen (secondary N) is 1. The largest absolute Gasteiger partial charge is 0.324 e. The van der Waals surface area contributed by atoms with Crippen LogP contribution in [0.25, 0.3) is 10.9 Å². The van der Waals surface area contributed by atoms with Crippen LogP contribution in [0.2, 0.25) is 0 Å². The van der Waals surface area contributed by atoms with E-state index in [-0.39, 0.29) is 10.9 Å². The third-order valence-electron chi connectivity index (χ3n) is 5.04. The van der Waals surface area contributed by atoms with E-state index in [4.69, 9.17) is 0 Å². The van der Waals surface area contributed by atoms with E-state index in [0.717, 1.165) is 18.5 Å². The number of anilines is 2. The third kappa shape index (κ3) is 2.63. The monoisotopic (exact) mass is 373 g/mol. The van der Waals surface area contributed by atoms with Crippen molar-refractivity contribution in [1.82, 2.24) is 19.5 Å². The van der Waals surface area contributed by atoms with Crippen molar-refractivity contribution in [1.29, 1.82) is 0 Å². The van der Waals surface area contributed by atoms with E-state index in [9.17, 15) is 9.18 Å². The Bertz CT molecular complexity index is 1220. The number of rotatable bonds is 4. The Morgan fingerprint density at radius 2 is 1.96 bits per heavy atom. The fraction of sp³-hybridized carbons (Fsp3) is 0.143. The van der Waals surface area contributed by atoms with Crippen molar-refractivity contribution in [3.63, 3.8) is 0 Å². The summed E-state index contributed by atoms with van der Waals surface area (Å²) < 4.78 is 15.4. The molecule has 1 aliphatic carbocycles. The van der Waals surface area contributed by atoms with Gasteiger partial charge in [-0.15, -0.1) is 0 Å². The van der Waals surface area contributed by atoms with Gasteiger partial charge in [0.05, 0.1) is 34.0 Å². The Hall–Kier alpha value is -3.61. The summed E-state index contributed by atoms with van der Waals surface area (Å²) in [6.45, 7) is 0. The van der Waals surface area contributed by atoms with Gasteiger partial charge in [0.25, 0.3) is 5.56 Å². The van der Waals surface area contributed by atoms with Crippen molar-refractivity contribution in [2.24, 2.45) is 0 Å². The first-order valence-electron chi connectivity index (χ1n) is 8.99. The lowest BCUT2D eigenvalue weighted by molar-refractivity contribution is 0.541. The fourth-order valence-electron chi connectivity index (χ4n) is 3.56. The Balaban J connectivity index is 1.77. The standard InChI is InChI=1S/C21H16FN5O/c22-14-6-7-17-16(12-14)19(28)27(20(26-17)25-15-4-3-10-23-13-15)21(8-9-21)18-5-1-2-11-24-18/h1-7,10-13H,8-9H2,(H,25,26). The number of hydrogen-bond donors (Lipinski definition) is 1. The second-order valence-corrected chi connectivity index (χ2v) is 6.85. The summed E-state index contributed by atoms with van der Waals surface area (Å²) in [5.41, 5.74) is 1.06. The first kappa shape index (κ1) is 16.6. The predicted molar refractivity (Wildman–Crippen MR) is 104 cm³/mol. The molecule has 0 radical (unpaired) electrons. The van der Waals surface area contributed by atoms with Gasteiger partial charge in [-0.2, -0.15) is 0 Å². The number of halogens is 1. The Morgan fingerprint density at radius 1 is 1.07 bits per heavy atom. The molecule has 28 heavy (non-hydrogen) atoms. The van der Waals surface area contributed by atoms with Gasteiger partial charge in [0, 0.05) is 12.4 Å². The van der Waals surface area contributed by atoms with Crippen molar-refractivity contribution in [3.8, 4) is 0 Å². The number of pyridine rings is 2. The van der Waals surface area contributed by atoms with Crippen molar-refractivity contribution in [2.45, 2.75) is 18.4 Å². The molecule has 0 amide bonds. The first-order valence-corrected chi connectivity index (χ1v) is 8.99. The molecular formula is C21H16FN5O. The van der Waals surface area contributed by atoms with Gasteiger partial charge in [-0.3, -0.25) is 19.3 Å². The molecule has 0 saturated heterocycles. The normalized spacial score (nSPS) is 14.8.